The van der Waals surface area contributed by atoms with Gasteiger partial charge in [-0.15, -0.1) is 16.7 Å². The lowest BCUT2D eigenvalue weighted by Crippen LogP contribution is -2.14. The molecule has 0 aliphatic rings. The molecule has 0 spiro atoms. The summed E-state index contributed by atoms with van der Waals surface area (Å²) in [4.78, 5) is 0. The average Bonchev–Trinajstić information content (AvgIpc) is 2.21. The van der Waals surface area contributed by atoms with Gasteiger partial charge in [0.05, 0.1) is 17.7 Å². The summed E-state index contributed by atoms with van der Waals surface area (Å²) in [5.74, 6) is 0.780. The monoisotopic (exact) mass is 229 g/mol. The fraction of sp³-hybridized carbons (Fsp3) is 0.600. The van der Waals surface area contributed by atoms with E-state index in [1.54, 1.807) is 7.11 Å². The number of nitrogens with one attached hydrogen (secondary N) is 1. The van der Waals surface area contributed by atoms with Crippen LogP contribution in [0.3, 0.4) is 0 Å². The fourth-order valence-electron chi connectivity index (χ4n) is 1.11. The van der Waals surface area contributed by atoms with Gasteiger partial charge in [-0.3, -0.25) is 0 Å². The molecular formula is C10H16ClN3O. The van der Waals surface area contributed by atoms with E-state index in [1.807, 2.05) is 19.1 Å². The lowest BCUT2D eigenvalue weighted by molar-refractivity contribution is 0.196. The molecule has 0 radical (unpaired) electrons. The molecule has 1 heterocycles. The van der Waals surface area contributed by atoms with Crippen LogP contribution in [0.25, 0.3) is 0 Å². The molecule has 5 heteroatoms. The second-order valence-corrected chi connectivity index (χ2v) is 3.95. The molecule has 1 N–H and O–H groups in total. The van der Waals surface area contributed by atoms with Crippen molar-refractivity contribution < 1.29 is 4.74 Å². The van der Waals surface area contributed by atoms with E-state index in [2.05, 4.69) is 15.5 Å². The van der Waals surface area contributed by atoms with Crippen LogP contribution in [0.15, 0.2) is 12.1 Å². The van der Waals surface area contributed by atoms with E-state index < -0.39 is 0 Å². The van der Waals surface area contributed by atoms with Gasteiger partial charge in [-0.05, 0) is 25.5 Å². The number of aromatic nitrogens is 2. The van der Waals surface area contributed by atoms with Crippen LogP contribution < -0.4 is 5.32 Å². The number of hydrogen-bond donors (Lipinski definition) is 1. The van der Waals surface area contributed by atoms with Crippen molar-refractivity contribution in [3.8, 4) is 0 Å². The summed E-state index contributed by atoms with van der Waals surface area (Å²) < 4.78 is 4.93. The molecule has 0 aromatic carbocycles. The minimum atomic E-state index is 0.0425. The predicted molar refractivity (Wildman–Crippen MR) is 61.4 cm³/mol. The Labute approximate surface area is 95.0 Å². The van der Waals surface area contributed by atoms with E-state index in [-0.39, 0.29) is 5.38 Å². The molecule has 0 aliphatic carbocycles. The van der Waals surface area contributed by atoms with Gasteiger partial charge in [-0.25, -0.2) is 0 Å². The molecule has 1 aromatic rings. The van der Waals surface area contributed by atoms with Crippen molar-refractivity contribution in [1.82, 2.24) is 10.2 Å². The normalized spacial score (nSPS) is 12.5. The van der Waals surface area contributed by atoms with E-state index in [1.165, 1.54) is 0 Å². The fourth-order valence-corrected chi connectivity index (χ4v) is 1.35. The highest BCUT2D eigenvalue weighted by molar-refractivity contribution is 6.20. The topological polar surface area (TPSA) is 47.0 Å². The van der Waals surface area contributed by atoms with Gasteiger partial charge in [-0.2, -0.15) is 5.10 Å². The number of alkyl halides is 1. The SMILES string of the molecule is COCC(Cl)CCNc1ccc(C)nn1. The zero-order valence-corrected chi connectivity index (χ0v) is 9.79. The second kappa shape index (κ2) is 6.58. The summed E-state index contributed by atoms with van der Waals surface area (Å²) >= 11 is 5.97. The van der Waals surface area contributed by atoms with E-state index in [9.17, 15) is 0 Å². The highest BCUT2D eigenvalue weighted by Gasteiger charge is 2.03. The Morgan fingerprint density at radius 1 is 1.47 bits per heavy atom. The molecule has 1 rings (SSSR count). The van der Waals surface area contributed by atoms with Gasteiger partial charge in [0, 0.05) is 13.7 Å². The number of nitrogens with zero attached hydrogens (tertiary/aromatic N) is 2. The first-order valence-electron chi connectivity index (χ1n) is 4.89. The molecule has 84 valence electrons. The van der Waals surface area contributed by atoms with Crippen LogP contribution in [0.5, 0.6) is 0 Å². The zero-order valence-electron chi connectivity index (χ0n) is 9.03. The number of rotatable bonds is 6. The Hall–Kier alpha value is -0.870. The maximum absolute atomic E-state index is 5.97. The lowest BCUT2D eigenvalue weighted by Gasteiger charge is -2.09. The van der Waals surface area contributed by atoms with Crippen LogP contribution in [-0.4, -0.2) is 35.8 Å². The summed E-state index contributed by atoms with van der Waals surface area (Å²) in [5, 5.41) is 11.1. The molecule has 0 aliphatic heterocycles. The van der Waals surface area contributed by atoms with Crippen molar-refractivity contribution in [2.75, 3.05) is 25.6 Å². The van der Waals surface area contributed by atoms with Crippen molar-refractivity contribution in [2.45, 2.75) is 18.7 Å². The Balaban J connectivity index is 2.22. The minimum Gasteiger partial charge on any atom is -0.383 e. The Bertz CT molecular complexity index is 279. The second-order valence-electron chi connectivity index (χ2n) is 3.33. The van der Waals surface area contributed by atoms with Gasteiger partial charge in [0.2, 0.25) is 0 Å². The molecule has 1 unspecified atom stereocenters. The Morgan fingerprint density at radius 3 is 2.87 bits per heavy atom. The lowest BCUT2D eigenvalue weighted by atomic mass is 10.3. The average molecular weight is 230 g/mol. The standard InChI is InChI=1S/C10H16ClN3O/c1-8-3-4-10(14-13-8)12-6-5-9(11)7-15-2/h3-4,9H,5-7H2,1-2H3,(H,12,14). The van der Waals surface area contributed by atoms with E-state index in [0.717, 1.165) is 24.5 Å². The molecule has 0 amide bonds. The highest BCUT2D eigenvalue weighted by atomic mass is 35.5. The van der Waals surface area contributed by atoms with Crippen molar-refractivity contribution >= 4 is 17.4 Å². The van der Waals surface area contributed by atoms with Crippen LogP contribution in [0.1, 0.15) is 12.1 Å². The van der Waals surface area contributed by atoms with Crippen molar-refractivity contribution in [1.29, 1.82) is 0 Å². The largest absolute Gasteiger partial charge is 0.383 e. The summed E-state index contributed by atoms with van der Waals surface area (Å²) in [6.45, 7) is 3.25. The Morgan fingerprint density at radius 2 is 2.27 bits per heavy atom. The zero-order chi connectivity index (χ0) is 11.1. The summed E-state index contributed by atoms with van der Waals surface area (Å²) in [6, 6.07) is 3.82. The molecule has 0 saturated carbocycles. The van der Waals surface area contributed by atoms with Gasteiger partial charge < -0.3 is 10.1 Å². The number of hydrogen-bond acceptors (Lipinski definition) is 4. The predicted octanol–water partition coefficient (Wildman–Crippen LogP) is 1.84. The van der Waals surface area contributed by atoms with Gasteiger partial charge >= 0.3 is 0 Å². The van der Waals surface area contributed by atoms with Crippen molar-refractivity contribution in [2.24, 2.45) is 0 Å². The molecule has 0 bridgehead atoms. The minimum absolute atomic E-state index is 0.0425. The first-order chi connectivity index (χ1) is 7.22. The molecular weight excluding hydrogens is 214 g/mol. The maximum Gasteiger partial charge on any atom is 0.148 e. The van der Waals surface area contributed by atoms with Crippen molar-refractivity contribution in [3.63, 3.8) is 0 Å². The van der Waals surface area contributed by atoms with Gasteiger partial charge in [0.1, 0.15) is 5.82 Å². The smallest absolute Gasteiger partial charge is 0.148 e. The summed E-state index contributed by atoms with van der Waals surface area (Å²) in [7, 11) is 1.65. The van der Waals surface area contributed by atoms with Crippen LogP contribution in [0.4, 0.5) is 5.82 Å². The van der Waals surface area contributed by atoms with Gasteiger partial charge in [-0.1, -0.05) is 0 Å². The first kappa shape index (κ1) is 12.2. The van der Waals surface area contributed by atoms with E-state index in [0.29, 0.717) is 6.61 Å². The summed E-state index contributed by atoms with van der Waals surface area (Å²) in [6.07, 6.45) is 0.838. The number of aryl methyl sites for hydroxylation is 1. The number of anilines is 1. The summed E-state index contributed by atoms with van der Waals surface area (Å²) in [5.41, 5.74) is 0.912. The molecule has 15 heavy (non-hydrogen) atoms. The maximum atomic E-state index is 5.97. The van der Waals surface area contributed by atoms with Gasteiger partial charge in [0.25, 0.3) is 0 Å². The molecule has 0 saturated heterocycles. The number of ether oxygens (including phenoxy) is 1. The third kappa shape index (κ3) is 4.95. The molecule has 1 atom stereocenters. The molecule has 0 fully saturated rings. The third-order valence-corrected chi connectivity index (χ3v) is 2.25. The van der Waals surface area contributed by atoms with E-state index >= 15 is 0 Å². The molecule has 4 nitrogen and oxygen atoms in total. The highest BCUT2D eigenvalue weighted by Crippen LogP contribution is 2.05. The third-order valence-electron chi connectivity index (χ3n) is 1.91. The quantitative estimate of drug-likeness (QED) is 0.757. The number of halogens is 1. The first-order valence-corrected chi connectivity index (χ1v) is 5.33. The van der Waals surface area contributed by atoms with Crippen LogP contribution >= 0.6 is 11.6 Å². The van der Waals surface area contributed by atoms with Gasteiger partial charge in [0.15, 0.2) is 0 Å². The van der Waals surface area contributed by atoms with E-state index in [4.69, 9.17) is 16.3 Å². The van der Waals surface area contributed by atoms with Crippen molar-refractivity contribution in [3.05, 3.63) is 17.8 Å². The van der Waals surface area contributed by atoms with Crippen LogP contribution in [0, 0.1) is 6.92 Å². The Kier molecular flexibility index (Phi) is 5.36. The molecule has 1 aromatic heterocycles. The van der Waals surface area contributed by atoms with Crippen LogP contribution in [-0.2, 0) is 4.74 Å². The van der Waals surface area contributed by atoms with Crippen LogP contribution in [0.2, 0.25) is 0 Å². The number of methoxy groups -OCH3 is 1.